The molecule has 42 heavy (non-hydrogen) atoms. The zero-order valence-corrected chi connectivity index (χ0v) is 26.2. The summed E-state index contributed by atoms with van der Waals surface area (Å²) in [6.07, 6.45) is 4.96. The maximum Gasteiger partial charge on any atom is 0.254 e. The SMILES string of the molecule is C=Cc1ccc(CN(C[C@H](CC)N(CC)CC2C3CNC[C@@H]2C3)C(=O)c2cc(OC)c3c(c2)OC(C)(C)O3)nc1CC. The second kappa shape index (κ2) is 12.6. The van der Waals surface area contributed by atoms with E-state index in [4.69, 9.17) is 19.2 Å². The molecule has 8 nitrogen and oxygen atoms in total. The van der Waals surface area contributed by atoms with Crippen LogP contribution in [0.2, 0.25) is 0 Å². The zero-order valence-electron chi connectivity index (χ0n) is 26.2. The summed E-state index contributed by atoms with van der Waals surface area (Å²) in [6, 6.07) is 7.86. The standard InChI is InChI=1S/C34H48N4O4/c1-8-22-12-13-26(36-29(22)10-3)19-38(20-27(9-2)37(11-4)21-28-24-14-25(28)18-35-17-24)33(39)23-15-30(40-7)32-31(16-23)41-34(5,6)42-32/h8,12-13,15-16,24-25,27-28,35H,1,9-11,14,17-21H2,2-7H3/t24-,25?,27-,28?/m0/s1. The van der Waals surface area contributed by atoms with Gasteiger partial charge in [0.1, 0.15) is 0 Å². The van der Waals surface area contributed by atoms with Crippen LogP contribution < -0.4 is 19.5 Å². The van der Waals surface area contributed by atoms with Gasteiger partial charge in [0.05, 0.1) is 19.3 Å². The summed E-state index contributed by atoms with van der Waals surface area (Å²) in [7, 11) is 1.59. The lowest BCUT2D eigenvalue weighted by Gasteiger charge is -2.52. The van der Waals surface area contributed by atoms with Crippen molar-refractivity contribution in [1.82, 2.24) is 20.1 Å². The van der Waals surface area contributed by atoms with Gasteiger partial charge < -0.3 is 24.4 Å². The van der Waals surface area contributed by atoms with E-state index in [1.807, 2.05) is 30.9 Å². The van der Waals surface area contributed by atoms with Crippen LogP contribution in [0.15, 0.2) is 30.8 Å². The first kappa shape index (κ1) is 30.4. The van der Waals surface area contributed by atoms with E-state index in [9.17, 15) is 4.79 Å². The molecule has 1 saturated carbocycles. The van der Waals surface area contributed by atoms with E-state index in [0.29, 0.717) is 35.9 Å². The van der Waals surface area contributed by atoms with E-state index < -0.39 is 5.79 Å². The second-order valence-electron chi connectivity index (χ2n) is 12.4. The van der Waals surface area contributed by atoms with Crippen molar-refractivity contribution < 1.29 is 19.0 Å². The van der Waals surface area contributed by atoms with Gasteiger partial charge in [0.2, 0.25) is 11.5 Å². The third kappa shape index (κ3) is 6.16. The number of nitrogens with one attached hydrogen (secondary N) is 1. The topological polar surface area (TPSA) is 76.2 Å². The molecule has 8 heteroatoms. The minimum Gasteiger partial charge on any atom is -0.493 e. The Kier molecular flexibility index (Phi) is 9.14. The van der Waals surface area contributed by atoms with Gasteiger partial charge in [0.15, 0.2) is 11.5 Å². The number of carbonyl (C=O) groups is 1. The molecule has 2 aromatic rings. The molecule has 1 saturated heterocycles. The predicted octanol–water partition coefficient (Wildman–Crippen LogP) is 5.40. The fourth-order valence-corrected chi connectivity index (χ4v) is 6.98. The van der Waals surface area contributed by atoms with Crippen LogP contribution in [-0.2, 0) is 13.0 Å². The van der Waals surface area contributed by atoms with Crippen LogP contribution >= 0.6 is 0 Å². The van der Waals surface area contributed by atoms with Crippen LogP contribution in [0.1, 0.15) is 74.8 Å². The first-order chi connectivity index (χ1) is 20.2. The highest BCUT2D eigenvalue weighted by atomic mass is 16.7. The number of methoxy groups -OCH3 is 1. The van der Waals surface area contributed by atoms with E-state index in [0.717, 1.165) is 73.7 Å². The monoisotopic (exact) mass is 576 g/mol. The number of ether oxygens (including phenoxy) is 3. The van der Waals surface area contributed by atoms with Crippen LogP contribution in [0.4, 0.5) is 0 Å². The number of benzene rings is 1. The van der Waals surface area contributed by atoms with E-state index in [2.05, 4.69) is 43.6 Å². The van der Waals surface area contributed by atoms with Crippen molar-refractivity contribution in [3.8, 4) is 17.2 Å². The molecule has 3 heterocycles. The quantitative estimate of drug-likeness (QED) is 0.342. The van der Waals surface area contributed by atoms with Crippen molar-refractivity contribution in [3.05, 3.63) is 53.4 Å². The van der Waals surface area contributed by atoms with E-state index >= 15 is 0 Å². The van der Waals surface area contributed by atoms with Crippen LogP contribution in [-0.4, -0.2) is 72.4 Å². The zero-order chi connectivity index (χ0) is 30.0. The van der Waals surface area contributed by atoms with Gasteiger partial charge in [-0.15, -0.1) is 0 Å². The van der Waals surface area contributed by atoms with Gasteiger partial charge in [0.25, 0.3) is 5.91 Å². The van der Waals surface area contributed by atoms with Crippen LogP contribution in [0.25, 0.3) is 6.08 Å². The number of hydrogen-bond acceptors (Lipinski definition) is 7. The Balaban J connectivity index is 1.44. The lowest BCUT2D eigenvalue weighted by Crippen LogP contribution is -2.58. The smallest absolute Gasteiger partial charge is 0.254 e. The number of fused-ring (bicyclic) bond motifs is 3. The highest BCUT2D eigenvalue weighted by molar-refractivity contribution is 5.95. The molecule has 2 unspecified atom stereocenters. The number of amides is 1. The maximum atomic E-state index is 14.4. The van der Waals surface area contributed by atoms with Gasteiger partial charge >= 0.3 is 0 Å². The highest BCUT2D eigenvalue weighted by Crippen LogP contribution is 2.47. The molecule has 4 atom stereocenters. The van der Waals surface area contributed by atoms with Gasteiger partial charge in [-0.2, -0.15) is 0 Å². The normalized spacial score (nSPS) is 22.4. The van der Waals surface area contributed by atoms with Gasteiger partial charge in [-0.1, -0.05) is 39.5 Å². The Morgan fingerprint density at radius 1 is 1.21 bits per heavy atom. The predicted molar refractivity (Wildman–Crippen MR) is 166 cm³/mol. The number of nitrogens with zero attached hydrogens (tertiary/aromatic N) is 3. The number of pyridine rings is 1. The van der Waals surface area contributed by atoms with Crippen molar-refractivity contribution in [1.29, 1.82) is 0 Å². The summed E-state index contributed by atoms with van der Waals surface area (Å²) in [4.78, 5) is 23.9. The van der Waals surface area contributed by atoms with Crippen molar-refractivity contribution >= 4 is 12.0 Å². The number of rotatable bonds is 13. The molecule has 1 aromatic carbocycles. The second-order valence-corrected chi connectivity index (χ2v) is 12.4. The minimum absolute atomic E-state index is 0.0729. The average molecular weight is 577 g/mol. The Bertz CT molecular complexity index is 1280. The van der Waals surface area contributed by atoms with Crippen LogP contribution in [0.5, 0.6) is 17.2 Å². The Morgan fingerprint density at radius 3 is 2.60 bits per heavy atom. The number of hydrogen-bond donors (Lipinski definition) is 1. The maximum absolute atomic E-state index is 14.4. The van der Waals surface area contributed by atoms with Crippen LogP contribution in [0, 0.1) is 17.8 Å². The fraction of sp³-hybridized carbons (Fsp3) is 0.588. The minimum atomic E-state index is -0.825. The Labute approximate surface area is 251 Å². The summed E-state index contributed by atoms with van der Waals surface area (Å²) >= 11 is 0. The van der Waals surface area contributed by atoms with Crippen LogP contribution in [0.3, 0.4) is 0 Å². The summed E-state index contributed by atoms with van der Waals surface area (Å²) in [5.41, 5.74) is 3.42. The first-order valence-corrected chi connectivity index (χ1v) is 15.6. The summed E-state index contributed by atoms with van der Waals surface area (Å²) in [5.74, 6) is 2.95. The number of piperidine rings is 2. The molecule has 5 rings (SSSR count). The van der Waals surface area contributed by atoms with Gasteiger partial charge in [-0.25, -0.2) is 0 Å². The van der Waals surface area contributed by atoms with E-state index in [1.54, 1.807) is 19.2 Å². The molecule has 2 aliphatic heterocycles. The lowest BCUT2D eigenvalue weighted by atomic mass is 9.62. The fourth-order valence-electron chi connectivity index (χ4n) is 6.98. The summed E-state index contributed by atoms with van der Waals surface area (Å²) < 4.78 is 17.6. The number of carbonyl (C=O) groups excluding carboxylic acids is 1. The average Bonchev–Trinajstić information content (AvgIpc) is 3.33. The van der Waals surface area contributed by atoms with Crippen molar-refractivity contribution in [2.24, 2.45) is 17.8 Å². The molecule has 2 bridgehead atoms. The molecular weight excluding hydrogens is 528 g/mol. The number of aryl methyl sites for hydroxylation is 1. The molecule has 3 aliphatic rings. The van der Waals surface area contributed by atoms with Crippen molar-refractivity contribution in [3.63, 3.8) is 0 Å². The third-order valence-corrected chi connectivity index (χ3v) is 9.35. The molecular formula is C34H48N4O4. The summed E-state index contributed by atoms with van der Waals surface area (Å²) in [5, 5.41) is 3.58. The lowest BCUT2D eigenvalue weighted by molar-refractivity contribution is -0.0439. The molecule has 0 spiro atoms. The summed E-state index contributed by atoms with van der Waals surface area (Å²) in [6.45, 7) is 19.6. The van der Waals surface area contributed by atoms with E-state index in [1.165, 1.54) is 6.42 Å². The Morgan fingerprint density at radius 2 is 1.98 bits per heavy atom. The number of likely N-dealkylation sites (N-methyl/N-ethyl adjacent to an activating group) is 1. The molecule has 1 amide bonds. The molecule has 1 aliphatic carbocycles. The van der Waals surface area contributed by atoms with Gasteiger partial charge in [-0.05, 0) is 80.4 Å². The molecule has 1 aromatic heterocycles. The molecule has 228 valence electrons. The van der Waals surface area contributed by atoms with Crippen molar-refractivity contribution in [2.75, 3.05) is 39.8 Å². The van der Waals surface area contributed by atoms with Crippen molar-refractivity contribution in [2.45, 2.75) is 72.3 Å². The first-order valence-electron chi connectivity index (χ1n) is 15.6. The highest BCUT2D eigenvalue weighted by Gasteiger charge is 2.44. The molecule has 0 radical (unpaired) electrons. The van der Waals surface area contributed by atoms with Gasteiger partial charge in [0, 0.05) is 44.2 Å². The number of aromatic nitrogens is 1. The largest absolute Gasteiger partial charge is 0.493 e. The van der Waals surface area contributed by atoms with E-state index in [-0.39, 0.29) is 11.9 Å². The Hall–Kier alpha value is -3.10. The van der Waals surface area contributed by atoms with Gasteiger partial charge in [-0.3, -0.25) is 14.7 Å². The third-order valence-electron chi connectivity index (χ3n) is 9.35. The molecule has 1 N–H and O–H groups in total. The molecule has 2 fully saturated rings.